The number of benzene rings is 1. The zero-order valence-corrected chi connectivity index (χ0v) is 17.0. The van der Waals surface area contributed by atoms with E-state index in [-0.39, 0.29) is 28.1 Å². The van der Waals surface area contributed by atoms with Gasteiger partial charge in [0.1, 0.15) is 17.4 Å². The van der Waals surface area contributed by atoms with Crippen molar-refractivity contribution in [2.75, 3.05) is 19.5 Å². The van der Waals surface area contributed by atoms with E-state index in [9.17, 15) is 9.59 Å². The van der Waals surface area contributed by atoms with E-state index in [0.717, 1.165) is 19.3 Å². The Morgan fingerprint density at radius 1 is 1.30 bits per heavy atom. The highest BCUT2D eigenvalue weighted by Gasteiger charge is 2.33. The molecule has 2 N–H and O–H groups in total. The maximum atomic E-state index is 12.3. The average molecular weight is 398 g/mol. The lowest BCUT2D eigenvalue weighted by Crippen LogP contribution is -2.36. The number of esters is 2. The summed E-state index contributed by atoms with van der Waals surface area (Å²) in [5, 5.41) is 0.210. The molecule has 3 atom stereocenters. The third-order valence-electron chi connectivity index (χ3n) is 5.10. The first-order valence-electron chi connectivity index (χ1n) is 9.22. The Hall–Kier alpha value is -1.95. The number of methoxy groups -OCH3 is 1. The second kappa shape index (κ2) is 9.31. The third-order valence-corrected chi connectivity index (χ3v) is 5.43. The molecule has 0 unspecified atom stereocenters. The second-order valence-electron chi connectivity index (χ2n) is 7.50. The minimum absolute atomic E-state index is 0.107. The summed E-state index contributed by atoms with van der Waals surface area (Å²) >= 11 is 5.96. The number of halogens is 1. The topological polar surface area (TPSA) is 87.9 Å². The standard InChI is InChI=1S/C20H28ClNO5/c1-11(2)13-6-5-12(3)7-18(13)27-19(23)10-26-20(24)14-8-15(21)16(22)9-17(14)25-4/h8-9,11-13,18H,5-7,10,22H2,1-4H3/t12-,13-,18-/m0/s1. The van der Waals surface area contributed by atoms with Gasteiger partial charge < -0.3 is 19.9 Å². The summed E-state index contributed by atoms with van der Waals surface area (Å²) in [6.07, 6.45) is 2.88. The Morgan fingerprint density at radius 2 is 2.00 bits per heavy atom. The Kier molecular flexibility index (Phi) is 7.36. The van der Waals surface area contributed by atoms with Crippen LogP contribution in [0.4, 0.5) is 5.69 Å². The van der Waals surface area contributed by atoms with Gasteiger partial charge in [-0.15, -0.1) is 0 Å². The van der Waals surface area contributed by atoms with E-state index >= 15 is 0 Å². The number of rotatable bonds is 6. The maximum Gasteiger partial charge on any atom is 0.344 e. The zero-order valence-electron chi connectivity index (χ0n) is 16.3. The lowest BCUT2D eigenvalue weighted by atomic mass is 9.75. The summed E-state index contributed by atoms with van der Waals surface area (Å²) in [6.45, 7) is 5.98. The van der Waals surface area contributed by atoms with Crippen LogP contribution in [0.25, 0.3) is 0 Å². The van der Waals surface area contributed by atoms with Gasteiger partial charge >= 0.3 is 11.9 Å². The van der Waals surface area contributed by atoms with Crippen molar-refractivity contribution in [2.45, 2.75) is 46.1 Å². The Bertz CT molecular complexity index is 691. The molecule has 0 aliphatic heterocycles. The van der Waals surface area contributed by atoms with E-state index in [0.29, 0.717) is 17.8 Å². The zero-order chi connectivity index (χ0) is 20.1. The molecule has 1 fully saturated rings. The lowest BCUT2D eigenvalue weighted by Gasteiger charge is -2.36. The van der Waals surface area contributed by atoms with Crippen LogP contribution in [0.3, 0.4) is 0 Å². The van der Waals surface area contributed by atoms with E-state index in [1.807, 2.05) is 0 Å². The molecule has 27 heavy (non-hydrogen) atoms. The van der Waals surface area contributed by atoms with Crippen LogP contribution < -0.4 is 10.5 Å². The van der Waals surface area contributed by atoms with Crippen LogP contribution in [0.5, 0.6) is 5.75 Å². The van der Waals surface area contributed by atoms with Crippen molar-refractivity contribution in [2.24, 2.45) is 17.8 Å². The number of ether oxygens (including phenoxy) is 3. The monoisotopic (exact) mass is 397 g/mol. The van der Waals surface area contributed by atoms with E-state index in [2.05, 4.69) is 20.8 Å². The minimum Gasteiger partial charge on any atom is -0.496 e. The van der Waals surface area contributed by atoms with E-state index < -0.39 is 18.5 Å². The van der Waals surface area contributed by atoms with Crippen molar-refractivity contribution in [3.8, 4) is 5.75 Å². The van der Waals surface area contributed by atoms with E-state index in [1.165, 1.54) is 19.2 Å². The fourth-order valence-electron chi connectivity index (χ4n) is 3.55. The number of carbonyl (C=O) groups excluding carboxylic acids is 2. The molecule has 0 spiro atoms. The molecular weight excluding hydrogens is 370 g/mol. The van der Waals surface area contributed by atoms with Crippen LogP contribution >= 0.6 is 11.6 Å². The number of carbonyl (C=O) groups is 2. The average Bonchev–Trinajstić information content (AvgIpc) is 2.61. The van der Waals surface area contributed by atoms with Crippen LogP contribution in [-0.4, -0.2) is 31.8 Å². The summed E-state index contributed by atoms with van der Waals surface area (Å²) in [4.78, 5) is 24.5. The second-order valence-corrected chi connectivity index (χ2v) is 7.91. The quantitative estimate of drug-likeness (QED) is 0.574. The number of nitrogens with two attached hydrogens (primary N) is 1. The lowest BCUT2D eigenvalue weighted by molar-refractivity contribution is -0.159. The van der Waals surface area contributed by atoms with Gasteiger partial charge in [-0.05, 0) is 36.7 Å². The van der Waals surface area contributed by atoms with Gasteiger partial charge in [0.15, 0.2) is 6.61 Å². The normalized spacial score (nSPS) is 22.4. The SMILES string of the molecule is COc1cc(N)c(Cl)cc1C(=O)OCC(=O)O[C@H]1C[C@@H](C)CC[C@H]1C(C)C. The molecule has 6 nitrogen and oxygen atoms in total. The van der Waals surface area contributed by atoms with E-state index in [1.54, 1.807) is 0 Å². The molecule has 0 aromatic heterocycles. The molecule has 1 aromatic rings. The smallest absolute Gasteiger partial charge is 0.344 e. The molecule has 0 amide bonds. The fourth-order valence-corrected chi connectivity index (χ4v) is 3.72. The largest absolute Gasteiger partial charge is 0.496 e. The summed E-state index contributed by atoms with van der Waals surface area (Å²) < 4.78 is 15.9. The van der Waals surface area contributed by atoms with Crippen LogP contribution in [0, 0.1) is 17.8 Å². The number of nitrogen functional groups attached to an aromatic ring is 1. The van der Waals surface area contributed by atoms with Crippen LogP contribution in [0.1, 0.15) is 50.4 Å². The van der Waals surface area contributed by atoms with Crippen molar-refractivity contribution < 1.29 is 23.8 Å². The van der Waals surface area contributed by atoms with Gasteiger partial charge in [-0.3, -0.25) is 0 Å². The molecule has 0 saturated heterocycles. The van der Waals surface area contributed by atoms with Gasteiger partial charge in [0.2, 0.25) is 0 Å². The molecule has 0 heterocycles. The molecule has 1 aliphatic carbocycles. The maximum absolute atomic E-state index is 12.3. The fraction of sp³-hybridized carbons (Fsp3) is 0.600. The van der Waals surface area contributed by atoms with Crippen molar-refractivity contribution in [3.05, 3.63) is 22.7 Å². The van der Waals surface area contributed by atoms with Crippen molar-refractivity contribution in [3.63, 3.8) is 0 Å². The predicted molar refractivity (Wildman–Crippen MR) is 104 cm³/mol. The van der Waals surface area contributed by atoms with Gasteiger partial charge in [0.25, 0.3) is 0 Å². The van der Waals surface area contributed by atoms with Crippen LogP contribution in [0.15, 0.2) is 12.1 Å². The molecule has 1 aromatic carbocycles. The summed E-state index contributed by atoms with van der Waals surface area (Å²) in [5.74, 6) is 0.241. The van der Waals surface area contributed by atoms with Gasteiger partial charge in [0.05, 0.1) is 17.8 Å². The highest BCUT2D eigenvalue weighted by atomic mass is 35.5. The molecule has 1 aliphatic rings. The molecule has 7 heteroatoms. The predicted octanol–water partition coefficient (Wildman–Crippen LogP) is 4.09. The first-order valence-corrected chi connectivity index (χ1v) is 9.60. The highest BCUT2D eigenvalue weighted by molar-refractivity contribution is 6.33. The molecular formula is C20H28ClNO5. The van der Waals surface area contributed by atoms with Crippen LogP contribution in [0.2, 0.25) is 5.02 Å². The molecule has 2 rings (SSSR count). The number of hydrogen-bond acceptors (Lipinski definition) is 6. The first-order chi connectivity index (χ1) is 12.7. The Balaban J connectivity index is 1.97. The van der Waals surface area contributed by atoms with Crippen LogP contribution in [-0.2, 0) is 14.3 Å². The molecule has 0 bridgehead atoms. The first kappa shape index (κ1) is 21.4. The van der Waals surface area contributed by atoms with Crippen molar-refractivity contribution in [1.29, 1.82) is 0 Å². The van der Waals surface area contributed by atoms with Crippen molar-refractivity contribution >= 4 is 29.2 Å². The Morgan fingerprint density at radius 3 is 2.63 bits per heavy atom. The van der Waals surface area contributed by atoms with Gasteiger partial charge in [0, 0.05) is 6.07 Å². The Labute approximate surface area is 165 Å². The summed E-state index contributed by atoms with van der Waals surface area (Å²) in [5.41, 5.74) is 6.10. The molecule has 1 saturated carbocycles. The van der Waals surface area contributed by atoms with Gasteiger partial charge in [-0.2, -0.15) is 0 Å². The van der Waals surface area contributed by atoms with Crippen molar-refractivity contribution in [1.82, 2.24) is 0 Å². The number of hydrogen-bond donors (Lipinski definition) is 1. The summed E-state index contributed by atoms with van der Waals surface area (Å²) in [7, 11) is 1.41. The molecule has 0 radical (unpaired) electrons. The number of anilines is 1. The summed E-state index contributed by atoms with van der Waals surface area (Å²) in [6, 6.07) is 2.80. The highest BCUT2D eigenvalue weighted by Crippen LogP contribution is 2.35. The van der Waals surface area contributed by atoms with Gasteiger partial charge in [-0.25, -0.2) is 9.59 Å². The minimum atomic E-state index is -0.719. The van der Waals surface area contributed by atoms with E-state index in [4.69, 9.17) is 31.5 Å². The van der Waals surface area contributed by atoms with Gasteiger partial charge in [-0.1, -0.05) is 38.8 Å². The third kappa shape index (κ3) is 5.51. The molecule has 150 valence electrons.